The van der Waals surface area contributed by atoms with E-state index in [0.29, 0.717) is 0 Å². The minimum atomic E-state index is -0.776. The van der Waals surface area contributed by atoms with Gasteiger partial charge in [0.1, 0.15) is 6.61 Å². The fourth-order valence-corrected chi connectivity index (χ4v) is 1.37. The molecule has 0 amide bonds. The molecule has 1 N–H and O–H groups in total. The van der Waals surface area contributed by atoms with Crippen LogP contribution in [0.4, 0.5) is 0 Å². The number of hydrogen-bond donors (Lipinski definition) is 1. The summed E-state index contributed by atoms with van der Waals surface area (Å²) in [7, 11) is 1.75. The van der Waals surface area contributed by atoms with Crippen LogP contribution in [0.2, 0.25) is 0 Å². The average Bonchev–Trinajstić information content (AvgIpc) is 2.36. The number of benzene rings is 1. The van der Waals surface area contributed by atoms with Gasteiger partial charge in [0.15, 0.2) is 0 Å². The first kappa shape index (κ1) is 14.4. The fourth-order valence-electron chi connectivity index (χ4n) is 1.37. The Kier molecular flexibility index (Phi) is 5.04. The van der Waals surface area contributed by atoms with Gasteiger partial charge in [0.25, 0.3) is 0 Å². The zero-order chi connectivity index (χ0) is 13.6. The average molecular weight is 249 g/mol. The second kappa shape index (κ2) is 6.31. The van der Waals surface area contributed by atoms with Gasteiger partial charge in [-0.15, -0.1) is 0 Å². The van der Waals surface area contributed by atoms with Gasteiger partial charge >= 0.3 is 5.97 Å². The number of hydrogen-bond acceptors (Lipinski definition) is 4. The summed E-state index contributed by atoms with van der Waals surface area (Å²) in [5.74, 6) is -1.28. The van der Waals surface area contributed by atoms with E-state index in [0.717, 1.165) is 5.56 Å². The molecule has 0 saturated carbocycles. The molecule has 18 heavy (non-hydrogen) atoms. The maximum absolute atomic E-state index is 11.6. The molecule has 0 heterocycles. The minimum absolute atomic E-state index is 0.122. The monoisotopic (exact) mass is 249 g/mol. The van der Waals surface area contributed by atoms with Crippen LogP contribution in [0, 0.1) is 0 Å². The molecule has 0 unspecified atom stereocenters. The number of rotatable bonds is 6. The Labute approximate surface area is 107 Å². The fraction of sp³-hybridized carbons (Fsp3) is 0.429. The number of ketones is 1. The van der Waals surface area contributed by atoms with Gasteiger partial charge in [-0.05, 0) is 26.5 Å². The van der Waals surface area contributed by atoms with Crippen LogP contribution in [0.15, 0.2) is 30.3 Å². The molecule has 0 bridgehead atoms. The summed E-state index contributed by atoms with van der Waals surface area (Å²) >= 11 is 0. The molecule has 0 aliphatic carbocycles. The van der Waals surface area contributed by atoms with Crippen LogP contribution in [-0.2, 0) is 20.9 Å². The van der Waals surface area contributed by atoms with Gasteiger partial charge in [-0.1, -0.05) is 30.3 Å². The van der Waals surface area contributed by atoms with Gasteiger partial charge in [0, 0.05) is 12.0 Å². The van der Waals surface area contributed by atoms with Crippen molar-refractivity contribution >= 4 is 11.8 Å². The topological polar surface area (TPSA) is 55.4 Å². The molecule has 98 valence electrons. The Hall–Kier alpha value is -1.68. The number of esters is 1. The zero-order valence-corrected chi connectivity index (χ0v) is 11.0. The first-order chi connectivity index (χ1) is 8.44. The highest BCUT2D eigenvalue weighted by molar-refractivity contribution is 6.33. The van der Waals surface area contributed by atoms with E-state index in [1.54, 1.807) is 7.05 Å². The lowest BCUT2D eigenvalue weighted by atomic mass is 9.98. The summed E-state index contributed by atoms with van der Waals surface area (Å²) in [4.78, 5) is 23.1. The van der Waals surface area contributed by atoms with Gasteiger partial charge in [0.2, 0.25) is 5.78 Å². The molecule has 0 atom stereocenters. The standard InChI is InChI=1S/C14H19NO3/c1-14(2,15-3)9-12(16)13(17)18-10-11-7-5-4-6-8-11/h4-8,15H,9-10H2,1-3H3. The Balaban J connectivity index is 2.44. The van der Waals surface area contributed by atoms with Crippen LogP contribution >= 0.6 is 0 Å². The maximum Gasteiger partial charge on any atom is 0.374 e. The molecule has 0 aliphatic heterocycles. The van der Waals surface area contributed by atoms with Gasteiger partial charge in [-0.3, -0.25) is 4.79 Å². The molecule has 0 radical (unpaired) electrons. The van der Waals surface area contributed by atoms with E-state index < -0.39 is 17.3 Å². The summed E-state index contributed by atoms with van der Waals surface area (Å²) in [6.45, 7) is 3.84. The summed E-state index contributed by atoms with van der Waals surface area (Å²) in [6, 6.07) is 9.28. The predicted octanol–water partition coefficient (Wildman–Crippen LogP) is 1.69. The summed E-state index contributed by atoms with van der Waals surface area (Å²) in [6.07, 6.45) is 0.122. The van der Waals surface area contributed by atoms with Crippen molar-refractivity contribution < 1.29 is 14.3 Å². The highest BCUT2D eigenvalue weighted by Gasteiger charge is 2.25. The van der Waals surface area contributed by atoms with Gasteiger partial charge in [0.05, 0.1) is 0 Å². The molecule has 4 heteroatoms. The summed E-state index contributed by atoms with van der Waals surface area (Å²) < 4.78 is 4.96. The molecule has 0 spiro atoms. The number of carbonyl (C=O) groups is 2. The van der Waals surface area contributed by atoms with E-state index >= 15 is 0 Å². The Morgan fingerprint density at radius 2 is 1.83 bits per heavy atom. The van der Waals surface area contributed by atoms with Crippen molar-refractivity contribution in [2.75, 3.05) is 7.05 Å². The number of Topliss-reactive ketones (excluding diaryl/α,β-unsaturated/α-hetero) is 1. The first-order valence-corrected chi connectivity index (χ1v) is 5.87. The molecule has 0 fully saturated rings. The molecule has 0 aliphatic rings. The van der Waals surface area contributed by atoms with Crippen molar-refractivity contribution in [3.05, 3.63) is 35.9 Å². The van der Waals surface area contributed by atoms with E-state index in [-0.39, 0.29) is 13.0 Å². The quantitative estimate of drug-likeness (QED) is 0.615. The number of carbonyl (C=O) groups excluding carboxylic acids is 2. The second-order valence-electron chi connectivity index (χ2n) is 4.80. The smallest absolute Gasteiger partial charge is 0.374 e. The molecular weight excluding hydrogens is 230 g/mol. The van der Waals surface area contributed by atoms with Crippen molar-refractivity contribution in [3.8, 4) is 0 Å². The van der Waals surface area contributed by atoms with Crippen LogP contribution in [0.5, 0.6) is 0 Å². The van der Waals surface area contributed by atoms with Crippen molar-refractivity contribution in [1.82, 2.24) is 5.32 Å². The van der Waals surface area contributed by atoms with Crippen LogP contribution < -0.4 is 5.32 Å². The van der Waals surface area contributed by atoms with E-state index in [2.05, 4.69) is 5.32 Å². The van der Waals surface area contributed by atoms with Gasteiger partial charge < -0.3 is 10.1 Å². The third-order valence-electron chi connectivity index (χ3n) is 2.72. The third-order valence-corrected chi connectivity index (χ3v) is 2.72. The summed E-state index contributed by atoms with van der Waals surface area (Å²) in [5, 5.41) is 2.97. The van der Waals surface area contributed by atoms with Crippen molar-refractivity contribution in [1.29, 1.82) is 0 Å². The van der Waals surface area contributed by atoms with Crippen molar-refractivity contribution in [2.24, 2.45) is 0 Å². The highest BCUT2D eigenvalue weighted by atomic mass is 16.5. The Morgan fingerprint density at radius 3 is 2.39 bits per heavy atom. The lowest BCUT2D eigenvalue weighted by Gasteiger charge is -2.22. The molecule has 1 rings (SSSR count). The molecule has 0 saturated heterocycles. The van der Waals surface area contributed by atoms with E-state index in [4.69, 9.17) is 4.74 Å². The Bertz CT molecular complexity index is 412. The molecule has 1 aromatic carbocycles. The third kappa shape index (κ3) is 4.67. The predicted molar refractivity (Wildman–Crippen MR) is 69.0 cm³/mol. The highest BCUT2D eigenvalue weighted by Crippen LogP contribution is 2.09. The van der Waals surface area contributed by atoms with Crippen LogP contribution in [0.25, 0.3) is 0 Å². The normalized spacial score (nSPS) is 11.1. The maximum atomic E-state index is 11.6. The van der Waals surface area contributed by atoms with Crippen LogP contribution in [0.1, 0.15) is 25.8 Å². The summed E-state index contributed by atoms with van der Waals surface area (Å²) in [5.41, 5.74) is 0.467. The van der Waals surface area contributed by atoms with Gasteiger partial charge in [-0.2, -0.15) is 0 Å². The Morgan fingerprint density at radius 1 is 1.22 bits per heavy atom. The number of nitrogens with one attached hydrogen (secondary N) is 1. The molecule has 1 aromatic rings. The van der Waals surface area contributed by atoms with Crippen LogP contribution in [0.3, 0.4) is 0 Å². The second-order valence-corrected chi connectivity index (χ2v) is 4.80. The zero-order valence-electron chi connectivity index (χ0n) is 11.0. The molecule has 4 nitrogen and oxygen atoms in total. The number of ether oxygens (including phenoxy) is 1. The van der Waals surface area contributed by atoms with Crippen molar-refractivity contribution in [2.45, 2.75) is 32.4 Å². The lowest BCUT2D eigenvalue weighted by molar-refractivity contribution is -0.155. The first-order valence-electron chi connectivity index (χ1n) is 5.87. The van der Waals surface area contributed by atoms with Gasteiger partial charge in [-0.25, -0.2) is 4.79 Å². The SMILES string of the molecule is CNC(C)(C)CC(=O)C(=O)OCc1ccccc1. The van der Waals surface area contributed by atoms with E-state index in [1.165, 1.54) is 0 Å². The molecule has 0 aromatic heterocycles. The van der Waals surface area contributed by atoms with E-state index in [1.807, 2.05) is 44.2 Å². The minimum Gasteiger partial charge on any atom is -0.455 e. The largest absolute Gasteiger partial charge is 0.455 e. The lowest BCUT2D eigenvalue weighted by Crippen LogP contribution is -2.40. The molecular formula is C14H19NO3. The van der Waals surface area contributed by atoms with E-state index in [9.17, 15) is 9.59 Å². The van der Waals surface area contributed by atoms with Crippen molar-refractivity contribution in [3.63, 3.8) is 0 Å². The van der Waals surface area contributed by atoms with Crippen LogP contribution in [-0.4, -0.2) is 24.3 Å².